The van der Waals surface area contributed by atoms with E-state index in [0.29, 0.717) is 0 Å². The molecule has 0 fully saturated rings. The summed E-state index contributed by atoms with van der Waals surface area (Å²) in [5.41, 5.74) is 3.55. The molecule has 2 rings (SSSR count). The Bertz CT molecular complexity index is 722. The van der Waals surface area contributed by atoms with Crippen molar-refractivity contribution in [2.45, 2.75) is 84.5 Å². The molecule has 1 heterocycles. The highest BCUT2D eigenvalue weighted by atomic mass is 16.5. The van der Waals surface area contributed by atoms with Gasteiger partial charge in [-0.1, -0.05) is 63.1 Å². The maximum atomic E-state index is 5.86. The van der Waals surface area contributed by atoms with Crippen LogP contribution in [0, 0.1) is 0 Å². The highest BCUT2D eigenvalue weighted by Gasteiger charge is 2.02. The Hall–Kier alpha value is -2.13. The zero-order chi connectivity index (χ0) is 22.7. The highest BCUT2D eigenvalue weighted by molar-refractivity contribution is 5.59. The summed E-state index contributed by atoms with van der Waals surface area (Å²) in [6.45, 7) is 6.92. The van der Waals surface area contributed by atoms with Crippen LogP contribution >= 0.6 is 0 Å². The van der Waals surface area contributed by atoms with E-state index < -0.39 is 0 Å². The average molecular weight is 438 g/mol. The number of aryl methyl sites for hydroxylation is 1. The highest BCUT2D eigenvalue weighted by Crippen LogP contribution is 2.21. The molecular formula is C29H43NO2. The first-order valence-electron chi connectivity index (χ1n) is 12.7. The minimum atomic E-state index is 0.763. The summed E-state index contributed by atoms with van der Waals surface area (Å²) in [5.74, 6) is 0.858. The molecule has 1 aromatic heterocycles. The summed E-state index contributed by atoms with van der Waals surface area (Å²) in [7, 11) is 0. The molecule has 176 valence electrons. The van der Waals surface area contributed by atoms with Gasteiger partial charge in [0, 0.05) is 18.8 Å². The van der Waals surface area contributed by atoms with Crippen molar-refractivity contribution in [3.8, 4) is 17.0 Å². The number of benzene rings is 1. The molecule has 0 amide bonds. The molecule has 1 aromatic carbocycles. The molecule has 0 atom stereocenters. The zero-order valence-corrected chi connectivity index (χ0v) is 20.4. The minimum absolute atomic E-state index is 0.763. The van der Waals surface area contributed by atoms with E-state index >= 15 is 0 Å². The first-order chi connectivity index (χ1) is 15.8. The van der Waals surface area contributed by atoms with Crippen LogP contribution < -0.4 is 4.74 Å². The minimum Gasteiger partial charge on any atom is -0.492 e. The number of ether oxygens (including phenoxy) is 2. The standard InChI is InChI=1S/C29H43NO2/c1-3-5-6-7-8-9-10-14-24-32-28-20-21-29(30-25-28)27-18-16-26(17-19-27)15-12-11-13-23-31-22-4-2/h6-7,16-21,25H,3-5,8-15,22-24H2,1-2H3/b7-6+. The second-order valence-corrected chi connectivity index (χ2v) is 8.46. The van der Waals surface area contributed by atoms with E-state index in [0.717, 1.165) is 62.5 Å². The number of unbranched alkanes of at least 4 members (excludes halogenated alkanes) is 6. The summed E-state index contributed by atoms with van der Waals surface area (Å²) in [4.78, 5) is 4.60. The number of hydrogen-bond donors (Lipinski definition) is 0. The molecule has 0 unspecified atom stereocenters. The molecule has 0 aliphatic rings. The summed E-state index contributed by atoms with van der Waals surface area (Å²) < 4.78 is 11.4. The van der Waals surface area contributed by atoms with Crippen LogP contribution in [0.4, 0.5) is 0 Å². The second kappa shape index (κ2) is 17.4. The third-order valence-corrected chi connectivity index (χ3v) is 5.49. The van der Waals surface area contributed by atoms with Crippen molar-refractivity contribution in [3.05, 3.63) is 60.3 Å². The van der Waals surface area contributed by atoms with E-state index in [-0.39, 0.29) is 0 Å². The molecule has 0 N–H and O–H groups in total. The second-order valence-electron chi connectivity index (χ2n) is 8.46. The first kappa shape index (κ1) is 26.1. The lowest BCUT2D eigenvalue weighted by molar-refractivity contribution is 0.130. The molecule has 0 bridgehead atoms. The molecule has 0 spiro atoms. The van der Waals surface area contributed by atoms with E-state index in [1.807, 2.05) is 12.3 Å². The maximum absolute atomic E-state index is 5.86. The van der Waals surface area contributed by atoms with Gasteiger partial charge in [-0.25, -0.2) is 0 Å². The Morgan fingerprint density at radius 3 is 2.25 bits per heavy atom. The van der Waals surface area contributed by atoms with Crippen molar-refractivity contribution >= 4 is 0 Å². The monoisotopic (exact) mass is 437 g/mol. The molecule has 0 aliphatic heterocycles. The van der Waals surface area contributed by atoms with Gasteiger partial charge in [0.1, 0.15) is 5.75 Å². The molecule has 0 aliphatic carbocycles. The van der Waals surface area contributed by atoms with Crippen molar-refractivity contribution in [2.75, 3.05) is 19.8 Å². The van der Waals surface area contributed by atoms with Crippen molar-refractivity contribution in [3.63, 3.8) is 0 Å². The lowest BCUT2D eigenvalue weighted by Crippen LogP contribution is -1.98. The Morgan fingerprint density at radius 1 is 0.719 bits per heavy atom. The summed E-state index contributed by atoms with van der Waals surface area (Å²) >= 11 is 0. The van der Waals surface area contributed by atoms with Gasteiger partial charge in [-0.2, -0.15) is 0 Å². The van der Waals surface area contributed by atoms with Gasteiger partial charge in [0.05, 0.1) is 18.5 Å². The van der Waals surface area contributed by atoms with Crippen LogP contribution in [0.3, 0.4) is 0 Å². The third-order valence-electron chi connectivity index (χ3n) is 5.49. The molecule has 32 heavy (non-hydrogen) atoms. The number of pyridine rings is 1. The molecule has 2 aromatic rings. The van der Waals surface area contributed by atoms with Gasteiger partial charge in [-0.15, -0.1) is 0 Å². The van der Waals surface area contributed by atoms with Gasteiger partial charge in [0.15, 0.2) is 0 Å². The fraction of sp³-hybridized carbons (Fsp3) is 0.552. The number of hydrogen-bond acceptors (Lipinski definition) is 3. The fourth-order valence-corrected chi connectivity index (χ4v) is 3.57. The number of allylic oxidation sites excluding steroid dienone is 2. The van der Waals surface area contributed by atoms with Gasteiger partial charge < -0.3 is 9.47 Å². The number of nitrogens with zero attached hydrogens (tertiary/aromatic N) is 1. The van der Waals surface area contributed by atoms with E-state index in [1.54, 1.807) is 0 Å². The molecule has 3 nitrogen and oxygen atoms in total. The predicted molar refractivity (Wildman–Crippen MR) is 136 cm³/mol. The van der Waals surface area contributed by atoms with Crippen molar-refractivity contribution < 1.29 is 9.47 Å². The SMILES string of the molecule is CCC/C=C/CCCCCOc1ccc(-c2ccc(CCCCCOCCC)cc2)nc1. The fourth-order valence-electron chi connectivity index (χ4n) is 3.57. The normalized spacial score (nSPS) is 11.3. The first-order valence-corrected chi connectivity index (χ1v) is 12.7. The van der Waals surface area contributed by atoms with Crippen LogP contribution in [0.25, 0.3) is 11.3 Å². The predicted octanol–water partition coefficient (Wildman–Crippen LogP) is 8.18. The van der Waals surface area contributed by atoms with Gasteiger partial charge in [-0.05, 0) is 75.5 Å². The quantitative estimate of drug-likeness (QED) is 0.174. The molecule has 0 saturated heterocycles. The number of rotatable bonds is 18. The topological polar surface area (TPSA) is 31.4 Å². The smallest absolute Gasteiger partial charge is 0.137 e. The van der Waals surface area contributed by atoms with Gasteiger partial charge in [0.2, 0.25) is 0 Å². The average Bonchev–Trinajstić information content (AvgIpc) is 2.83. The Labute approximate surface area is 196 Å². The Morgan fingerprint density at radius 2 is 1.50 bits per heavy atom. The van der Waals surface area contributed by atoms with Crippen molar-refractivity contribution in [2.24, 2.45) is 0 Å². The lowest BCUT2D eigenvalue weighted by atomic mass is 10.0. The molecular weight excluding hydrogens is 394 g/mol. The van der Waals surface area contributed by atoms with Crippen LogP contribution in [-0.2, 0) is 11.2 Å². The van der Waals surface area contributed by atoms with E-state index in [1.165, 1.54) is 50.5 Å². The zero-order valence-electron chi connectivity index (χ0n) is 20.4. The molecule has 0 saturated carbocycles. The maximum Gasteiger partial charge on any atom is 0.137 e. The Balaban J connectivity index is 1.62. The molecule has 0 radical (unpaired) electrons. The van der Waals surface area contributed by atoms with Crippen LogP contribution in [0.2, 0.25) is 0 Å². The van der Waals surface area contributed by atoms with Crippen LogP contribution in [0.15, 0.2) is 54.7 Å². The van der Waals surface area contributed by atoms with Gasteiger partial charge in [0.25, 0.3) is 0 Å². The van der Waals surface area contributed by atoms with Crippen LogP contribution in [0.1, 0.15) is 83.6 Å². The van der Waals surface area contributed by atoms with Crippen molar-refractivity contribution in [1.82, 2.24) is 4.98 Å². The van der Waals surface area contributed by atoms with Gasteiger partial charge >= 0.3 is 0 Å². The molecule has 3 heteroatoms. The van der Waals surface area contributed by atoms with E-state index in [9.17, 15) is 0 Å². The van der Waals surface area contributed by atoms with Gasteiger partial charge in [-0.3, -0.25) is 4.98 Å². The van der Waals surface area contributed by atoms with Crippen molar-refractivity contribution in [1.29, 1.82) is 0 Å². The largest absolute Gasteiger partial charge is 0.492 e. The Kier molecular flexibility index (Phi) is 14.2. The lowest BCUT2D eigenvalue weighted by Gasteiger charge is -2.08. The summed E-state index contributed by atoms with van der Waals surface area (Å²) in [6.07, 6.45) is 19.4. The van der Waals surface area contributed by atoms with E-state index in [4.69, 9.17) is 9.47 Å². The third kappa shape index (κ3) is 11.5. The summed E-state index contributed by atoms with van der Waals surface area (Å²) in [6, 6.07) is 12.9. The van der Waals surface area contributed by atoms with Crippen LogP contribution in [0.5, 0.6) is 5.75 Å². The summed E-state index contributed by atoms with van der Waals surface area (Å²) in [5, 5.41) is 0. The number of aromatic nitrogens is 1. The van der Waals surface area contributed by atoms with Crippen LogP contribution in [-0.4, -0.2) is 24.8 Å². The van der Waals surface area contributed by atoms with E-state index in [2.05, 4.69) is 61.3 Å².